The van der Waals surface area contributed by atoms with Crippen molar-refractivity contribution < 1.29 is 13.9 Å². The van der Waals surface area contributed by atoms with E-state index in [2.05, 4.69) is 38.8 Å². The molecule has 0 spiro atoms. The summed E-state index contributed by atoms with van der Waals surface area (Å²) in [4.78, 5) is -0.00634. The van der Waals surface area contributed by atoms with E-state index in [1.54, 1.807) is 20.5 Å². The normalized spacial score (nSPS) is 12.2. The molecule has 0 aliphatic heterocycles. The SMILES string of the molecule is CCc1occc1C(Br)c1cc(OC)c(Br)cc1OC. The zero-order chi connectivity index (χ0) is 14.7. The molecule has 5 heteroatoms. The van der Waals surface area contributed by atoms with Crippen LogP contribution in [0.3, 0.4) is 0 Å². The summed E-state index contributed by atoms with van der Waals surface area (Å²) >= 11 is 7.20. The third kappa shape index (κ3) is 2.88. The van der Waals surface area contributed by atoms with E-state index in [1.807, 2.05) is 18.2 Å². The highest BCUT2D eigenvalue weighted by atomic mass is 79.9. The molecule has 0 aliphatic rings. The highest BCUT2D eigenvalue weighted by molar-refractivity contribution is 9.10. The molecule has 0 aliphatic carbocycles. The van der Waals surface area contributed by atoms with Crippen molar-refractivity contribution in [1.29, 1.82) is 0 Å². The van der Waals surface area contributed by atoms with Crippen LogP contribution >= 0.6 is 31.9 Å². The number of ether oxygens (including phenoxy) is 2. The van der Waals surface area contributed by atoms with Crippen LogP contribution in [0.4, 0.5) is 0 Å². The number of rotatable bonds is 5. The Bertz CT molecular complexity index is 593. The largest absolute Gasteiger partial charge is 0.496 e. The first-order valence-corrected chi connectivity index (χ1v) is 7.95. The van der Waals surface area contributed by atoms with Crippen LogP contribution in [0, 0.1) is 0 Å². The van der Waals surface area contributed by atoms with E-state index < -0.39 is 0 Å². The molecule has 0 fully saturated rings. The van der Waals surface area contributed by atoms with Crippen molar-refractivity contribution in [1.82, 2.24) is 0 Å². The quantitative estimate of drug-likeness (QED) is 0.650. The predicted octanol–water partition coefficient (Wildman–Crippen LogP) is 5.11. The van der Waals surface area contributed by atoms with Crippen molar-refractivity contribution in [3.05, 3.63) is 45.8 Å². The summed E-state index contributed by atoms with van der Waals surface area (Å²) in [5.74, 6) is 2.53. The minimum Gasteiger partial charge on any atom is -0.496 e. The monoisotopic (exact) mass is 402 g/mol. The molecule has 0 bridgehead atoms. The molecule has 0 N–H and O–H groups in total. The van der Waals surface area contributed by atoms with Crippen LogP contribution in [-0.2, 0) is 6.42 Å². The van der Waals surface area contributed by atoms with E-state index in [-0.39, 0.29) is 4.83 Å². The lowest BCUT2D eigenvalue weighted by Gasteiger charge is -2.16. The molecule has 1 aromatic carbocycles. The van der Waals surface area contributed by atoms with Gasteiger partial charge in [-0.2, -0.15) is 0 Å². The smallest absolute Gasteiger partial charge is 0.133 e. The molecule has 1 aromatic heterocycles. The fourth-order valence-electron chi connectivity index (χ4n) is 2.11. The minimum absolute atomic E-state index is 0.00634. The maximum atomic E-state index is 5.50. The Hall–Kier alpha value is -0.940. The van der Waals surface area contributed by atoms with Gasteiger partial charge in [0.05, 0.1) is 29.8 Å². The maximum absolute atomic E-state index is 5.50. The van der Waals surface area contributed by atoms with E-state index >= 15 is 0 Å². The van der Waals surface area contributed by atoms with Gasteiger partial charge >= 0.3 is 0 Å². The summed E-state index contributed by atoms with van der Waals surface area (Å²) in [6.45, 7) is 2.07. The highest BCUT2D eigenvalue weighted by Gasteiger charge is 2.21. The zero-order valence-corrected chi connectivity index (χ0v) is 14.7. The Morgan fingerprint density at radius 1 is 1.15 bits per heavy atom. The lowest BCUT2D eigenvalue weighted by atomic mass is 10.0. The second-order valence-electron chi connectivity index (χ2n) is 4.24. The van der Waals surface area contributed by atoms with Gasteiger partial charge in [-0.3, -0.25) is 0 Å². The van der Waals surface area contributed by atoms with Gasteiger partial charge in [-0.25, -0.2) is 0 Å². The van der Waals surface area contributed by atoms with E-state index in [4.69, 9.17) is 13.9 Å². The summed E-state index contributed by atoms with van der Waals surface area (Å²) in [5, 5.41) is 0. The summed E-state index contributed by atoms with van der Waals surface area (Å²) in [7, 11) is 3.31. The number of methoxy groups -OCH3 is 2. The topological polar surface area (TPSA) is 31.6 Å². The Kier molecular flexibility index (Phi) is 5.16. The summed E-state index contributed by atoms with van der Waals surface area (Å²) in [5.41, 5.74) is 2.11. The Labute approximate surface area is 135 Å². The van der Waals surface area contributed by atoms with Gasteiger partial charge < -0.3 is 13.9 Å². The maximum Gasteiger partial charge on any atom is 0.133 e. The van der Waals surface area contributed by atoms with Gasteiger partial charge in [0.1, 0.15) is 17.3 Å². The van der Waals surface area contributed by atoms with Gasteiger partial charge in [0.25, 0.3) is 0 Å². The fraction of sp³-hybridized carbons (Fsp3) is 0.333. The minimum atomic E-state index is -0.00634. The molecule has 3 nitrogen and oxygen atoms in total. The number of hydrogen-bond donors (Lipinski definition) is 0. The average molecular weight is 404 g/mol. The molecule has 0 saturated heterocycles. The zero-order valence-electron chi connectivity index (χ0n) is 11.6. The number of furan rings is 1. The molecule has 20 heavy (non-hydrogen) atoms. The molecular formula is C15H16Br2O3. The molecular weight excluding hydrogens is 388 g/mol. The van der Waals surface area contributed by atoms with Crippen molar-refractivity contribution in [3.63, 3.8) is 0 Å². The molecule has 0 saturated carbocycles. The number of halogens is 2. The lowest BCUT2D eigenvalue weighted by Crippen LogP contribution is -2.00. The van der Waals surface area contributed by atoms with Gasteiger partial charge in [-0.1, -0.05) is 22.9 Å². The molecule has 1 unspecified atom stereocenters. The third-order valence-electron chi connectivity index (χ3n) is 3.15. The predicted molar refractivity (Wildman–Crippen MR) is 86.1 cm³/mol. The van der Waals surface area contributed by atoms with E-state index in [9.17, 15) is 0 Å². The van der Waals surface area contributed by atoms with Crippen LogP contribution in [-0.4, -0.2) is 14.2 Å². The molecule has 0 amide bonds. The summed E-state index contributed by atoms with van der Waals surface area (Å²) in [6, 6.07) is 5.86. The van der Waals surface area contributed by atoms with E-state index in [0.717, 1.165) is 39.3 Å². The van der Waals surface area contributed by atoms with Crippen LogP contribution < -0.4 is 9.47 Å². The molecule has 2 rings (SSSR count). The molecule has 108 valence electrons. The van der Waals surface area contributed by atoms with Gasteiger partial charge in [0.15, 0.2) is 0 Å². The van der Waals surface area contributed by atoms with Gasteiger partial charge in [-0.05, 0) is 34.1 Å². The van der Waals surface area contributed by atoms with Crippen LogP contribution in [0.15, 0.2) is 33.4 Å². The first-order valence-electron chi connectivity index (χ1n) is 6.24. The molecule has 0 radical (unpaired) electrons. The van der Waals surface area contributed by atoms with E-state index in [1.165, 1.54) is 0 Å². The van der Waals surface area contributed by atoms with Gasteiger partial charge in [-0.15, -0.1) is 0 Å². The Balaban J connectivity index is 2.50. The lowest BCUT2D eigenvalue weighted by molar-refractivity contribution is 0.397. The van der Waals surface area contributed by atoms with Crippen LogP contribution in [0.5, 0.6) is 11.5 Å². The second-order valence-corrected chi connectivity index (χ2v) is 6.01. The summed E-state index contributed by atoms with van der Waals surface area (Å²) in [6.07, 6.45) is 2.56. The van der Waals surface area contributed by atoms with Crippen molar-refractivity contribution >= 4 is 31.9 Å². The van der Waals surface area contributed by atoms with Crippen molar-refractivity contribution in [2.24, 2.45) is 0 Å². The first-order chi connectivity index (χ1) is 9.62. The highest BCUT2D eigenvalue weighted by Crippen LogP contribution is 2.42. The fourth-order valence-corrected chi connectivity index (χ4v) is 3.36. The number of aryl methyl sites for hydroxylation is 1. The van der Waals surface area contributed by atoms with Crippen LogP contribution in [0.25, 0.3) is 0 Å². The summed E-state index contributed by atoms with van der Waals surface area (Å²) < 4.78 is 17.2. The Morgan fingerprint density at radius 3 is 2.45 bits per heavy atom. The van der Waals surface area contributed by atoms with Crippen LogP contribution in [0.1, 0.15) is 28.6 Å². The van der Waals surface area contributed by atoms with Crippen molar-refractivity contribution in [2.45, 2.75) is 18.2 Å². The molecule has 1 atom stereocenters. The van der Waals surface area contributed by atoms with Crippen molar-refractivity contribution in [3.8, 4) is 11.5 Å². The molecule has 2 aromatic rings. The van der Waals surface area contributed by atoms with E-state index in [0.29, 0.717) is 0 Å². The van der Waals surface area contributed by atoms with Crippen molar-refractivity contribution in [2.75, 3.05) is 14.2 Å². The van der Waals surface area contributed by atoms with Gasteiger partial charge in [0.2, 0.25) is 0 Å². The number of alkyl halides is 1. The molecule has 1 heterocycles. The average Bonchev–Trinajstić information content (AvgIpc) is 2.94. The Morgan fingerprint density at radius 2 is 1.85 bits per heavy atom. The first kappa shape index (κ1) is 15.4. The third-order valence-corrected chi connectivity index (χ3v) is 4.76. The van der Waals surface area contributed by atoms with Gasteiger partial charge in [0, 0.05) is 17.5 Å². The number of benzene rings is 1. The second kappa shape index (κ2) is 6.68. The number of hydrogen-bond acceptors (Lipinski definition) is 3. The van der Waals surface area contributed by atoms with Crippen LogP contribution in [0.2, 0.25) is 0 Å². The standard InChI is InChI=1S/C15H16Br2O3/c1-4-12-9(5-6-20-12)15(17)10-7-14(19-3)11(16)8-13(10)18-2/h5-8,15H,4H2,1-3H3.